The molecule has 0 aliphatic carbocycles. The molecule has 1 aromatic rings. The van der Waals surface area contributed by atoms with E-state index in [1.165, 1.54) is 18.4 Å². The Morgan fingerprint density at radius 1 is 1.20 bits per heavy atom. The first-order valence-electron chi connectivity index (χ1n) is 9.68. The molecule has 3 rings (SSSR count). The molecule has 1 aromatic carbocycles. The standard InChI is InChI=1S/C21H32N2O2/c1-20(2)17-21(11-15-25-20,18-8-4-3-5-9-18)10-12-22-19(24)16-23-13-6-7-14-23/h3-5,8-9H,6-7,10-17H2,1-2H3,(H,22,24). The van der Waals surface area contributed by atoms with Crippen LogP contribution in [0.25, 0.3) is 0 Å². The van der Waals surface area contributed by atoms with Gasteiger partial charge in [-0.3, -0.25) is 9.69 Å². The van der Waals surface area contributed by atoms with Gasteiger partial charge in [0.2, 0.25) is 5.91 Å². The second-order valence-corrected chi connectivity index (χ2v) is 8.26. The maximum absolute atomic E-state index is 12.2. The molecule has 2 saturated heterocycles. The Labute approximate surface area is 151 Å². The van der Waals surface area contributed by atoms with Gasteiger partial charge in [0, 0.05) is 18.6 Å². The van der Waals surface area contributed by atoms with Crippen molar-refractivity contribution in [1.82, 2.24) is 10.2 Å². The predicted molar refractivity (Wildman–Crippen MR) is 101 cm³/mol. The van der Waals surface area contributed by atoms with Crippen molar-refractivity contribution in [2.24, 2.45) is 0 Å². The molecule has 1 unspecified atom stereocenters. The zero-order chi connectivity index (χ0) is 17.8. The van der Waals surface area contributed by atoms with Crippen molar-refractivity contribution < 1.29 is 9.53 Å². The van der Waals surface area contributed by atoms with E-state index in [9.17, 15) is 4.79 Å². The van der Waals surface area contributed by atoms with Gasteiger partial charge in [0.25, 0.3) is 0 Å². The first kappa shape index (κ1) is 18.4. The lowest BCUT2D eigenvalue weighted by Crippen LogP contribution is -2.46. The number of rotatable bonds is 6. The van der Waals surface area contributed by atoms with Crippen molar-refractivity contribution in [2.75, 3.05) is 32.8 Å². The Hall–Kier alpha value is -1.39. The quantitative estimate of drug-likeness (QED) is 0.862. The number of likely N-dealkylation sites (tertiary alicyclic amines) is 1. The summed E-state index contributed by atoms with van der Waals surface area (Å²) in [4.78, 5) is 14.5. The molecule has 2 fully saturated rings. The van der Waals surface area contributed by atoms with Crippen LogP contribution >= 0.6 is 0 Å². The predicted octanol–water partition coefficient (Wildman–Crippen LogP) is 3.12. The summed E-state index contributed by atoms with van der Waals surface area (Å²) in [6.07, 6.45) is 5.42. The second kappa shape index (κ2) is 7.88. The van der Waals surface area contributed by atoms with E-state index in [-0.39, 0.29) is 16.9 Å². The van der Waals surface area contributed by atoms with E-state index in [1.54, 1.807) is 0 Å². The highest BCUT2D eigenvalue weighted by atomic mass is 16.5. The number of carbonyl (C=O) groups excluding carboxylic acids is 1. The number of ether oxygens (including phenoxy) is 1. The third-order valence-electron chi connectivity index (χ3n) is 5.72. The monoisotopic (exact) mass is 344 g/mol. The van der Waals surface area contributed by atoms with Gasteiger partial charge in [-0.15, -0.1) is 0 Å². The SMILES string of the molecule is CC1(C)CC(CCNC(=O)CN2CCCC2)(c2ccccc2)CCO1. The van der Waals surface area contributed by atoms with Crippen LogP contribution in [0.1, 0.15) is 51.5 Å². The first-order valence-corrected chi connectivity index (χ1v) is 9.68. The average Bonchev–Trinajstić information content (AvgIpc) is 3.07. The minimum absolute atomic E-state index is 0.0872. The molecule has 4 heteroatoms. The smallest absolute Gasteiger partial charge is 0.234 e. The molecule has 0 spiro atoms. The van der Waals surface area contributed by atoms with Gasteiger partial charge in [-0.05, 0) is 64.6 Å². The summed E-state index contributed by atoms with van der Waals surface area (Å²) in [5.41, 5.74) is 1.34. The Bertz CT molecular complexity index is 567. The van der Waals surface area contributed by atoms with Crippen LogP contribution in [0.3, 0.4) is 0 Å². The van der Waals surface area contributed by atoms with Crippen LogP contribution in [0.15, 0.2) is 30.3 Å². The van der Waals surface area contributed by atoms with Crippen molar-refractivity contribution in [2.45, 2.75) is 57.0 Å². The number of carbonyl (C=O) groups is 1. The van der Waals surface area contributed by atoms with Gasteiger partial charge in [-0.25, -0.2) is 0 Å². The molecule has 1 N–H and O–H groups in total. The Balaban J connectivity index is 1.61. The number of hydrogen-bond acceptors (Lipinski definition) is 3. The van der Waals surface area contributed by atoms with Crippen molar-refractivity contribution >= 4 is 5.91 Å². The largest absolute Gasteiger partial charge is 0.376 e. The normalized spacial score (nSPS) is 26.5. The van der Waals surface area contributed by atoms with Crippen LogP contribution in [0.4, 0.5) is 0 Å². The Kier molecular flexibility index (Phi) is 5.80. The van der Waals surface area contributed by atoms with Gasteiger partial charge in [0.15, 0.2) is 0 Å². The Morgan fingerprint density at radius 3 is 2.60 bits per heavy atom. The molecule has 1 atom stereocenters. The average molecular weight is 344 g/mol. The number of benzene rings is 1. The summed E-state index contributed by atoms with van der Waals surface area (Å²) in [6, 6.07) is 10.8. The number of amides is 1. The fourth-order valence-corrected chi connectivity index (χ4v) is 4.51. The van der Waals surface area contributed by atoms with Crippen LogP contribution in [0.5, 0.6) is 0 Å². The van der Waals surface area contributed by atoms with Crippen molar-refractivity contribution in [1.29, 1.82) is 0 Å². The first-order chi connectivity index (χ1) is 12.0. The fraction of sp³-hybridized carbons (Fsp3) is 0.667. The summed E-state index contributed by atoms with van der Waals surface area (Å²) >= 11 is 0. The van der Waals surface area contributed by atoms with Crippen LogP contribution in [-0.2, 0) is 14.9 Å². The van der Waals surface area contributed by atoms with Crippen molar-refractivity contribution in [3.05, 3.63) is 35.9 Å². The molecular weight excluding hydrogens is 312 g/mol. The number of nitrogens with one attached hydrogen (secondary N) is 1. The molecule has 1 amide bonds. The van der Waals surface area contributed by atoms with E-state index >= 15 is 0 Å². The van der Waals surface area contributed by atoms with E-state index in [1.807, 2.05) is 0 Å². The molecule has 0 bridgehead atoms. The van der Waals surface area contributed by atoms with E-state index in [4.69, 9.17) is 4.74 Å². The van der Waals surface area contributed by atoms with E-state index in [0.717, 1.165) is 45.5 Å². The van der Waals surface area contributed by atoms with E-state index in [2.05, 4.69) is 54.4 Å². The summed E-state index contributed by atoms with van der Waals surface area (Å²) in [7, 11) is 0. The van der Waals surface area contributed by atoms with Crippen molar-refractivity contribution in [3.8, 4) is 0 Å². The number of hydrogen-bond donors (Lipinski definition) is 1. The van der Waals surface area contributed by atoms with E-state index < -0.39 is 0 Å². The maximum atomic E-state index is 12.2. The third-order valence-corrected chi connectivity index (χ3v) is 5.72. The second-order valence-electron chi connectivity index (χ2n) is 8.26. The summed E-state index contributed by atoms with van der Waals surface area (Å²) < 4.78 is 5.96. The highest BCUT2D eigenvalue weighted by molar-refractivity contribution is 5.78. The highest BCUT2D eigenvalue weighted by Gasteiger charge is 2.41. The fourth-order valence-electron chi connectivity index (χ4n) is 4.51. The van der Waals surface area contributed by atoms with Gasteiger partial charge >= 0.3 is 0 Å². The summed E-state index contributed by atoms with van der Waals surface area (Å²) in [5.74, 6) is 0.163. The van der Waals surface area contributed by atoms with E-state index in [0.29, 0.717) is 6.54 Å². The topological polar surface area (TPSA) is 41.6 Å². The molecular formula is C21H32N2O2. The van der Waals surface area contributed by atoms with Gasteiger partial charge < -0.3 is 10.1 Å². The van der Waals surface area contributed by atoms with Crippen molar-refractivity contribution in [3.63, 3.8) is 0 Å². The third kappa shape index (κ3) is 4.83. The molecule has 2 aliphatic rings. The summed E-state index contributed by atoms with van der Waals surface area (Å²) in [6.45, 7) is 8.54. The Morgan fingerprint density at radius 2 is 1.92 bits per heavy atom. The van der Waals surface area contributed by atoms with Gasteiger partial charge in [-0.1, -0.05) is 30.3 Å². The minimum atomic E-state index is -0.117. The molecule has 0 radical (unpaired) electrons. The lowest BCUT2D eigenvalue weighted by Gasteiger charge is -2.45. The zero-order valence-corrected chi connectivity index (χ0v) is 15.7. The molecule has 138 valence electrons. The van der Waals surface area contributed by atoms with Gasteiger partial charge in [0.05, 0.1) is 12.1 Å². The molecule has 0 saturated carbocycles. The van der Waals surface area contributed by atoms with Gasteiger partial charge in [0.1, 0.15) is 0 Å². The highest BCUT2D eigenvalue weighted by Crippen LogP contribution is 2.43. The zero-order valence-electron chi connectivity index (χ0n) is 15.7. The maximum Gasteiger partial charge on any atom is 0.234 e. The molecule has 0 aromatic heterocycles. The lowest BCUT2D eigenvalue weighted by molar-refractivity contribution is -0.122. The molecule has 2 heterocycles. The van der Waals surface area contributed by atoms with Crippen LogP contribution in [0.2, 0.25) is 0 Å². The molecule has 4 nitrogen and oxygen atoms in total. The number of nitrogens with zero attached hydrogens (tertiary/aromatic N) is 1. The van der Waals surface area contributed by atoms with Crippen LogP contribution in [0, 0.1) is 0 Å². The van der Waals surface area contributed by atoms with Gasteiger partial charge in [-0.2, -0.15) is 0 Å². The minimum Gasteiger partial charge on any atom is -0.376 e. The lowest BCUT2D eigenvalue weighted by atomic mass is 9.67. The molecule has 25 heavy (non-hydrogen) atoms. The summed E-state index contributed by atoms with van der Waals surface area (Å²) in [5, 5.41) is 3.16. The van der Waals surface area contributed by atoms with Crippen LogP contribution in [-0.4, -0.2) is 49.2 Å². The van der Waals surface area contributed by atoms with Crippen LogP contribution < -0.4 is 5.32 Å². The molecule has 2 aliphatic heterocycles.